The molecule has 0 amide bonds. The number of halogens is 5. The Morgan fingerprint density at radius 3 is 2.35 bits per heavy atom. The normalized spacial score (nSPS) is 14.4. The third kappa shape index (κ3) is 4.37. The zero-order valence-corrected chi connectivity index (χ0v) is 15.6. The predicted molar refractivity (Wildman–Crippen MR) is 75.3 cm³/mol. The second kappa shape index (κ2) is 8.31. The van der Waals surface area contributed by atoms with Gasteiger partial charge in [0, 0.05) is 44.8 Å². The monoisotopic (exact) mass is 421 g/mol. The van der Waals surface area contributed by atoms with E-state index in [9.17, 15) is 17.6 Å². The summed E-state index contributed by atoms with van der Waals surface area (Å²) in [6.45, 7) is 2.75. The number of rotatable bonds is 4. The molecule has 8 heteroatoms. The molecule has 2 rings (SSSR count). The van der Waals surface area contributed by atoms with Crippen LogP contribution >= 0.6 is 11.6 Å². The van der Waals surface area contributed by atoms with Gasteiger partial charge in [-0.05, 0) is 16.3 Å². The minimum atomic E-state index is -2.75. The number of benzene rings is 1. The van der Waals surface area contributed by atoms with Crippen LogP contribution in [0.4, 0.5) is 17.6 Å². The average Bonchev–Trinajstić information content (AvgIpc) is 2.44. The van der Waals surface area contributed by atoms with Gasteiger partial charge in [0.05, 0.1) is 25.3 Å². The standard InChI is InChI=1S/C15H11ClF4NO.Y/c1-8-10(16)3-4-13(21(8)7-14(19)20)15-11(17)5-9(22-2)6-12(15)18;/h3,5-6,14H,1,7H2,2H3;/q-1;. The largest absolute Gasteiger partial charge is 0.497 e. The van der Waals surface area contributed by atoms with Crippen molar-refractivity contribution in [3.05, 3.63) is 58.8 Å². The second-order valence-electron chi connectivity index (χ2n) is 4.40. The Hall–Kier alpha value is -0.846. The number of methoxy groups -OCH3 is 1. The summed E-state index contributed by atoms with van der Waals surface area (Å²) in [4.78, 5) is 0.932. The third-order valence-corrected chi connectivity index (χ3v) is 3.34. The predicted octanol–water partition coefficient (Wildman–Crippen LogP) is 4.33. The van der Waals surface area contributed by atoms with Crippen LogP contribution in [0.2, 0.25) is 0 Å². The maximum absolute atomic E-state index is 14.1. The molecule has 1 aromatic carbocycles. The topological polar surface area (TPSA) is 12.5 Å². The van der Waals surface area contributed by atoms with Crippen LogP contribution < -0.4 is 4.74 Å². The van der Waals surface area contributed by atoms with Crippen molar-refractivity contribution in [1.29, 1.82) is 0 Å². The van der Waals surface area contributed by atoms with Crippen molar-refractivity contribution >= 4 is 17.3 Å². The van der Waals surface area contributed by atoms with Crippen LogP contribution in [0.25, 0.3) is 5.70 Å². The van der Waals surface area contributed by atoms with Gasteiger partial charge in [-0.25, -0.2) is 17.6 Å². The van der Waals surface area contributed by atoms with Crippen LogP contribution in [-0.2, 0) is 32.7 Å². The van der Waals surface area contributed by atoms with E-state index in [2.05, 4.69) is 12.7 Å². The number of hydrogen-bond acceptors (Lipinski definition) is 2. The van der Waals surface area contributed by atoms with E-state index in [0.29, 0.717) is 0 Å². The fourth-order valence-corrected chi connectivity index (χ4v) is 2.15. The molecule has 0 aliphatic carbocycles. The van der Waals surface area contributed by atoms with Gasteiger partial charge < -0.3 is 9.64 Å². The molecule has 0 saturated heterocycles. The molecule has 1 aliphatic heterocycles. The van der Waals surface area contributed by atoms with Crippen molar-refractivity contribution < 1.29 is 55.0 Å². The van der Waals surface area contributed by atoms with E-state index in [4.69, 9.17) is 16.3 Å². The SMILES string of the molecule is C=C1C(Cl)=C[C-]=C(c2c(F)cc(OC)cc2F)N1CC(F)F.[Y]. The zero-order valence-electron chi connectivity index (χ0n) is 12.0. The first-order valence-electron chi connectivity index (χ1n) is 6.12. The molecule has 0 aromatic heterocycles. The van der Waals surface area contributed by atoms with E-state index in [1.807, 2.05) is 0 Å². The first-order chi connectivity index (χ1) is 10.3. The summed E-state index contributed by atoms with van der Waals surface area (Å²) in [6.07, 6.45) is 1.00. The Morgan fingerprint density at radius 2 is 1.87 bits per heavy atom. The molecule has 0 unspecified atom stereocenters. The van der Waals surface area contributed by atoms with Gasteiger partial charge in [0.2, 0.25) is 0 Å². The van der Waals surface area contributed by atoms with Crippen molar-refractivity contribution in [3.8, 4) is 5.75 Å². The van der Waals surface area contributed by atoms with E-state index < -0.39 is 30.2 Å². The van der Waals surface area contributed by atoms with E-state index in [-0.39, 0.29) is 54.9 Å². The van der Waals surface area contributed by atoms with Gasteiger partial charge in [0.1, 0.15) is 5.75 Å². The van der Waals surface area contributed by atoms with E-state index >= 15 is 0 Å². The Morgan fingerprint density at radius 1 is 1.30 bits per heavy atom. The minimum absolute atomic E-state index is 0. The van der Waals surface area contributed by atoms with Gasteiger partial charge in [-0.3, -0.25) is 0 Å². The van der Waals surface area contributed by atoms with Crippen molar-refractivity contribution in [2.45, 2.75) is 6.43 Å². The van der Waals surface area contributed by atoms with Crippen LogP contribution in [-0.4, -0.2) is 25.0 Å². The summed E-state index contributed by atoms with van der Waals surface area (Å²) in [6, 6.07) is 1.91. The summed E-state index contributed by atoms with van der Waals surface area (Å²) < 4.78 is 58.5. The third-order valence-electron chi connectivity index (χ3n) is 3.02. The summed E-state index contributed by atoms with van der Waals surface area (Å²) >= 11 is 5.82. The van der Waals surface area contributed by atoms with E-state index in [1.54, 1.807) is 0 Å². The van der Waals surface area contributed by atoms with Crippen LogP contribution in [0.1, 0.15) is 5.56 Å². The molecule has 0 N–H and O–H groups in total. The molecule has 0 spiro atoms. The average molecular weight is 422 g/mol. The Labute approximate surface area is 161 Å². The number of allylic oxidation sites excluding steroid dienone is 3. The fourth-order valence-electron chi connectivity index (χ4n) is 2.00. The summed E-state index contributed by atoms with van der Waals surface area (Å²) in [7, 11) is 1.26. The van der Waals surface area contributed by atoms with Gasteiger partial charge in [0.25, 0.3) is 6.43 Å². The van der Waals surface area contributed by atoms with Gasteiger partial charge in [-0.1, -0.05) is 12.3 Å². The number of ether oxygens (including phenoxy) is 1. The first kappa shape index (κ1) is 20.2. The molecular weight excluding hydrogens is 411 g/mol. The first-order valence-corrected chi connectivity index (χ1v) is 6.50. The molecule has 1 radical (unpaired) electrons. The molecule has 0 saturated carbocycles. The smallest absolute Gasteiger partial charge is 0.256 e. The summed E-state index contributed by atoms with van der Waals surface area (Å²) in [5.41, 5.74) is -0.680. The zero-order chi connectivity index (χ0) is 16.4. The molecular formula is C15H11ClF4NOY-. The number of nitrogens with zero attached hydrogens (tertiary/aromatic N) is 1. The maximum atomic E-state index is 14.1. The summed E-state index contributed by atoms with van der Waals surface area (Å²) in [5, 5.41) is 0.0683. The number of alkyl halides is 2. The van der Waals surface area contributed by atoms with Gasteiger partial charge in [0.15, 0.2) is 0 Å². The maximum Gasteiger partial charge on any atom is 0.256 e. The van der Waals surface area contributed by atoms with Crippen molar-refractivity contribution in [1.82, 2.24) is 4.90 Å². The van der Waals surface area contributed by atoms with Crippen LogP contribution in [0.3, 0.4) is 0 Å². The van der Waals surface area contributed by atoms with Gasteiger partial charge >= 0.3 is 0 Å². The Balaban J connectivity index is 0.00000264. The van der Waals surface area contributed by atoms with Gasteiger partial charge in [-0.2, -0.15) is 23.8 Å². The summed E-state index contributed by atoms with van der Waals surface area (Å²) in [5.74, 6) is -1.95. The van der Waals surface area contributed by atoms with Crippen LogP contribution in [0.15, 0.2) is 35.5 Å². The molecule has 121 valence electrons. The van der Waals surface area contributed by atoms with Crippen molar-refractivity contribution in [2.75, 3.05) is 13.7 Å². The molecule has 2 nitrogen and oxygen atoms in total. The molecule has 0 fully saturated rings. The van der Waals surface area contributed by atoms with Crippen LogP contribution in [0, 0.1) is 17.7 Å². The van der Waals surface area contributed by atoms with Crippen LogP contribution in [0.5, 0.6) is 5.75 Å². The molecule has 1 heterocycles. The Bertz CT molecular complexity index is 652. The molecule has 1 aliphatic rings. The van der Waals surface area contributed by atoms with E-state index in [0.717, 1.165) is 17.0 Å². The van der Waals surface area contributed by atoms with Crippen molar-refractivity contribution in [3.63, 3.8) is 0 Å². The molecule has 1 aromatic rings. The molecule has 0 bridgehead atoms. The minimum Gasteiger partial charge on any atom is -0.497 e. The van der Waals surface area contributed by atoms with E-state index in [1.165, 1.54) is 13.2 Å². The Kier molecular flexibility index (Phi) is 7.30. The fraction of sp³-hybridized carbons (Fsp3) is 0.200. The van der Waals surface area contributed by atoms with Crippen molar-refractivity contribution in [2.24, 2.45) is 0 Å². The second-order valence-corrected chi connectivity index (χ2v) is 4.81. The molecule has 0 atom stereocenters. The quantitative estimate of drug-likeness (QED) is 0.530. The van der Waals surface area contributed by atoms with Gasteiger partial charge in [-0.15, -0.1) is 0 Å². The molecule has 23 heavy (non-hydrogen) atoms. The number of hydrogen-bond donors (Lipinski definition) is 0.